The van der Waals surface area contributed by atoms with Crippen LogP contribution in [0.25, 0.3) is 0 Å². The minimum absolute atomic E-state index is 0.0663. The SMILES string of the molecule is CC(Oc1cccc(Cl)c1)C(=O)N1CCOC(CCl)C1. The molecule has 0 saturated carbocycles. The Hall–Kier alpha value is -0.970. The van der Waals surface area contributed by atoms with Crippen LogP contribution >= 0.6 is 23.2 Å². The molecule has 2 rings (SSSR count). The lowest BCUT2D eigenvalue weighted by Crippen LogP contribution is -2.50. The summed E-state index contributed by atoms with van der Waals surface area (Å²) < 4.78 is 11.1. The Bertz CT molecular complexity index is 469. The first kappa shape index (κ1) is 15.4. The van der Waals surface area contributed by atoms with E-state index in [-0.39, 0.29) is 12.0 Å². The molecule has 1 heterocycles. The summed E-state index contributed by atoms with van der Waals surface area (Å²) in [5, 5.41) is 0.579. The number of halogens is 2. The van der Waals surface area contributed by atoms with Crippen molar-refractivity contribution in [1.82, 2.24) is 4.90 Å². The maximum absolute atomic E-state index is 12.3. The molecular weight excluding hydrogens is 301 g/mol. The van der Waals surface area contributed by atoms with Crippen molar-refractivity contribution in [3.8, 4) is 5.75 Å². The number of alkyl halides is 1. The molecule has 1 amide bonds. The summed E-state index contributed by atoms with van der Waals surface area (Å²) in [6, 6.07) is 7.00. The Morgan fingerprint density at radius 1 is 1.60 bits per heavy atom. The van der Waals surface area contributed by atoms with Crippen molar-refractivity contribution < 1.29 is 14.3 Å². The van der Waals surface area contributed by atoms with Gasteiger partial charge in [0, 0.05) is 18.1 Å². The Labute approximate surface area is 128 Å². The number of hydrogen-bond donors (Lipinski definition) is 0. The number of benzene rings is 1. The highest BCUT2D eigenvalue weighted by molar-refractivity contribution is 6.30. The highest BCUT2D eigenvalue weighted by Gasteiger charge is 2.27. The quantitative estimate of drug-likeness (QED) is 0.801. The van der Waals surface area contributed by atoms with Crippen molar-refractivity contribution in [3.63, 3.8) is 0 Å². The molecule has 0 bridgehead atoms. The molecule has 110 valence electrons. The highest BCUT2D eigenvalue weighted by Crippen LogP contribution is 2.19. The molecule has 6 heteroatoms. The standard InChI is InChI=1S/C14H17Cl2NO3/c1-10(20-12-4-2-3-11(16)7-12)14(18)17-5-6-19-13(8-15)9-17/h2-4,7,10,13H,5-6,8-9H2,1H3. The maximum atomic E-state index is 12.3. The number of morpholine rings is 1. The molecule has 1 aromatic rings. The molecular formula is C14H17Cl2NO3. The van der Waals surface area contributed by atoms with Crippen LogP contribution in [-0.4, -0.2) is 48.6 Å². The largest absolute Gasteiger partial charge is 0.481 e. The van der Waals surface area contributed by atoms with E-state index in [0.29, 0.717) is 36.3 Å². The fourth-order valence-electron chi connectivity index (χ4n) is 2.06. The lowest BCUT2D eigenvalue weighted by Gasteiger charge is -2.33. The van der Waals surface area contributed by atoms with Crippen molar-refractivity contribution in [2.24, 2.45) is 0 Å². The Balaban J connectivity index is 1.94. The predicted molar refractivity (Wildman–Crippen MR) is 78.6 cm³/mol. The van der Waals surface area contributed by atoms with Gasteiger partial charge < -0.3 is 14.4 Å². The monoisotopic (exact) mass is 317 g/mol. The number of carbonyl (C=O) groups excluding carboxylic acids is 1. The van der Waals surface area contributed by atoms with Gasteiger partial charge in [0.25, 0.3) is 5.91 Å². The molecule has 4 nitrogen and oxygen atoms in total. The van der Waals surface area contributed by atoms with Crippen LogP contribution in [-0.2, 0) is 9.53 Å². The van der Waals surface area contributed by atoms with Gasteiger partial charge in [-0.05, 0) is 25.1 Å². The molecule has 1 aliphatic heterocycles. The van der Waals surface area contributed by atoms with Gasteiger partial charge in [-0.25, -0.2) is 0 Å². The van der Waals surface area contributed by atoms with Gasteiger partial charge in [0.2, 0.25) is 0 Å². The fraction of sp³-hybridized carbons (Fsp3) is 0.500. The van der Waals surface area contributed by atoms with E-state index in [9.17, 15) is 4.79 Å². The second-order valence-electron chi connectivity index (χ2n) is 4.65. The van der Waals surface area contributed by atoms with Crippen LogP contribution in [0.4, 0.5) is 0 Å². The van der Waals surface area contributed by atoms with E-state index in [2.05, 4.69) is 0 Å². The van der Waals surface area contributed by atoms with Crippen LogP contribution in [0.3, 0.4) is 0 Å². The van der Waals surface area contributed by atoms with Crippen LogP contribution in [0.5, 0.6) is 5.75 Å². The maximum Gasteiger partial charge on any atom is 0.263 e. The molecule has 0 spiro atoms. The molecule has 1 aromatic carbocycles. The van der Waals surface area contributed by atoms with Gasteiger partial charge in [-0.1, -0.05) is 17.7 Å². The normalized spacial score (nSPS) is 20.6. The van der Waals surface area contributed by atoms with Gasteiger partial charge in [0.05, 0.1) is 18.6 Å². The average Bonchev–Trinajstić information content (AvgIpc) is 2.46. The second-order valence-corrected chi connectivity index (χ2v) is 5.39. The summed E-state index contributed by atoms with van der Waals surface area (Å²) in [5.74, 6) is 0.900. The summed E-state index contributed by atoms with van der Waals surface area (Å²) in [6.07, 6.45) is -0.671. The van der Waals surface area contributed by atoms with E-state index < -0.39 is 6.10 Å². The lowest BCUT2D eigenvalue weighted by atomic mass is 10.2. The molecule has 1 saturated heterocycles. The number of ether oxygens (including phenoxy) is 2. The van der Waals surface area contributed by atoms with Crippen molar-refractivity contribution in [1.29, 1.82) is 0 Å². The fourth-order valence-corrected chi connectivity index (χ4v) is 2.43. The molecule has 0 aliphatic carbocycles. The predicted octanol–water partition coefficient (Wildman–Crippen LogP) is 2.57. The smallest absolute Gasteiger partial charge is 0.263 e. The molecule has 2 unspecified atom stereocenters. The molecule has 1 aliphatic rings. The molecule has 1 fully saturated rings. The lowest BCUT2D eigenvalue weighted by molar-refractivity contribution is -0.144. The minimum Gasteiger partial charge on any atom is -0.481 e. The first-order valence-corrected chi connectivity index (χ1v) is 7.40. The van der Waals surface area contributed by atoms with Gasteiger partial charge in [-0.3, -0.25) is 4.79 Å². The van der Waals surface area contributed by atoms with E-state index in [0.717, 1.165) is 0 Å². The van der Waals surface area contributed by atoms with Crippen LogP contribution < -0.4 is 4.74 Å². The molecule has 0 N–H and O–H groups in total. The third-order valence-corrected chi connectivity index (χ3v) is 3.66. The number of amides is 1. The molecule has 2 atom stereocenters. The zero-order valence-electron chi connectivity index (χ0n) is 11.2. The number of hydrogen-bond acceptors (Lipinski definition) is 3. The van der Waals surface area contributed by atoms with Crippen molar-refractivity contribution >= 4 is 29.1 Å². The van der Waals surface area contributed by atoms with Crippen LogP contribution in [0.1, 0.15) is 6.92 Å². The van der Waals surface area contributed by atoms with E-state index in [4.69, 9.17) is 32.7 Å². The van der Waals surface area contributed by atoms with E-state index in [1.54, 1.807) is 36.1 Å². The van der Waals surface area contributed by atoms with Gasteiger partial charge >= 0.3 is 0 Å². The van der Waals surface area contributed by atoms with Gasteiger partial charge in [0.1, 0.15) is 5.75 Å². The van der Waals surface area contributed by atoms with Crippen LogP contribution in [0.2, 0.25) is 5.02 Å². The zero-order chi connectivity index (χ0) is 14.5. The Morgan fingerprint density at radius 2 is 2.40 bits per heavy atom. The summed E-state index contributed by atoms with van der Waals surface area (Å²) in [6.45, 7) is 3.31. The summed E-state index contributed by atoms with van der Waals surface area (Å²) >= 11 is 11.7. The third-order valence-electron chi connectivity index (χ3n) is 3.08. The van der Waals surface area contributed by atoms with Crippen molar-refractivity contribution in [2.45, 2.75) is 19.1 Å². The van der Waals surface area contributed by atoms with Gasteiger partial charge in [0.15, 0.2) is 6.10 Å². The zero-order valence-corrected chi connectivity index (χ0v) is 12.7. The van der Waals surface area contributed by atoms with Crippen LogP contribution in [0, 0.1) is 0 Å². The first-order valence-electron chi connectivity index (χ1n) is 6.48. The van der Waals surface area contributed by atoms with E-state index >= 15 is 0 Å². The van der Waals surface area contributed by atoms with Gasteiger partial charge in [-0.15, -0.1) is 11.6 Å². The molecule has 20 heavy (non-hydrogen) atoms. The molecule has 0 radical (unpaired) electrons. The van der Waals surface area contributed by atoms with Crippen LogP contribution in [0.15, 0.2) is 24.3 Å². The number of rotatable bonds is 4. The highest BCUT2D eigenvalue weighted by atomic mass is 35.5. The average molecular weight is 318 g/mol. The third kappa shape index (κ3) is 4.01. The van der Waals surface area contributed by atoms with E-state index in [1.165, 1.54) is 0 Å². The first-order chi connectivity index (χ1) is 9.60. The van der Waals surface area contributed by atoms with Gasteiger partial charge in [-0.2, -0.15) is 0 Å². The van der Waals surface area contributed by atoms with Crippen molar-refractivity contribution in [2.75, 3.05) is 25.6 Å². The minimum atomic E-state index is -0.567. The summed E-state index contributed by atoms with van der Waals surface area (Å²) in [5.41, 5.74) is 0. The Morgan fingerprint density at radius 3 is 3.10 bits per heavy atom. The summed E-state index contributed by atoms with van der Waals surface area (Å²) in [4.78, 5) is 14.0. The Kier molecular flexibility index (Phi) is 5.52. The summed E-state index contributed by atoms with van der Waals surface area (Å²) in [7, 11) is 0. The number of nitrogens with zero attached hydrogens (tertiary/aromatic N) is 1. The van der Waals surface area contributed by atoms with Crippen molar-refractivity contribution in [3.05, 3.63) is 29.3 Å². The van der Waals surface area contributed by atoms with E-state index in [1.807, 2.05) is 0 Å². The topological polar surface area (TPSA) is 38.8 Å². The second kappa shape index (κ2) is 7.16. The number of carbonyl (C=O) groups is 1. The molecule has 0 aromatic heterocycles.